The molecule has 0 spiro atoms. The van der Waals surface area contributed by atoms with Crippen LogP contribution in [0, 0.1) is 0 Å². The summed E-state index contributed by atoms with van der Waals surface area (Å²) in [5.74, 6) is 2.53. The van der Waals surface area contributed by atoms with Crippen LogP contribution in [0.15, 0.2) is 60.8 Å². The number of hydrogen-bond acceptors (Lipinski definition) is 5. The third-order valence-electron chi connectivity index (χ3n) is 6.71. The van der Waals surface area contributed by atoms with Crippen LogP contribution >= 0.6 is 0 Å². The number of fused-ring (bicyclic) bond motifs is 4. The van der Waals surface area contributed by atoms with E-state index in [1.807, 2.05) is 53.6 Å². The molecule has 32 heavy (non-hydrogen) atoms. The van der Waals surface area contributed by atoms with Gasteiger partial charge in [-0.1, -0.05) is 18.2 Å². The molecule has 0 bridgehead atoms. The second-order valence-corrected chi connectivity index (χ2v) is 8.60. The molecule has 7 nitrogen and oxygen atoms in total. The highest BCUT2D eigenvalue weighted by Gasteiger charge is 2.44. The minimum absolute atomic E-state index is 0.0944. The molecule has 1 amide bonds. The van der Waals surface area contributed by atoms with Gasteiger partial charge in [0.1, 0.15) is 11.4 Å². The minimum atomic E-state index is 0.0944. The number of nitrogens with zero attached hydrogens (tertiary/aromatic N) is 3. The number of carbonyl (C=O) groups is 1. The van der Waals surface area contributed by atoms with E-state index >= 15 is 0 Å². The number of amides is 1. The molecule has 3 aliphatic rings. The third-order valence-corrected chi connectivity index (χ3v) is 6.71. The van der Waals surface area contributed by atoms with Crippen LogP contribution in [0.25, 0.3) is 0 Å². The summed E-state index contributed by atoms with van der Waals surface area (Å²) in [4.78, 5) is 17.8. The molecule has 164 valence electrons. The first kappa shape index (κ1) is 19.3. The summed E-state index contributed by atoms with van der Waals surface area (Å²) in [6.45, 7) is 3.41. The zero-order valence-electron chi connectivity index (χ0n) is 17.9. The molecule has 3 aliphatic heterocycles. The van der Waals surface area contributed by atoms with Crippen molar-refractivity contribution >= 4 is 5.91 Å². The van der Waals surface area contributed by atoms with Gasteiger partial charge in [0.05, 0.1) is 19.2 Å². The molecular formula is C25H25N3O4. The van der Waals surface area contributed by atoms with Crippen LogP contribution in [-0.4, -0.2) is 53.3 Å². The summed E-state index contributed by atoms with van der Waals surface area (Å²) in [6, 6.07) is 18.4. The van der Waals surface area contributed by atoms with E-state index in [0.717, 1.165) is 48.1 Å². The van der Waals surface area contributed by atoms with Gasteiger partial charge in [0.25, 0.3) is 5.91 Å². The maximum absolute atomic E-state index is 13.4. The summed E-state index contributed by atoms with van der Waals surface area (Å²) < 4.78 is 18.4. The van der Waals surface area contributed by atoms with E-state index in [1.165, 1.54) is 5.56 Å². The monoisotopic (exact) mass is 431 g/mol. The van der Waals surface area contributed by atoms with Gasteiger partial charge in [-0.15, -0.1) is 0 Å². The van der Waals surface area contributed by atoms with Gasteiger partial charge in [0, 0.05) is 32.4 Å². The summed E-state index contributed by atoms with van der Waals surface area (Å²) >= 11 is 0. The Balaban J connectivity index is 1.25. The highest BCUT2D eigenvalue weighted by atomic mass is 16.7. The number of hydrogen-bond donors (Lipinski definition) is 0. The number of benzene rings is 2. The Kier molecular flexibility index (Phi) is 4.57. The molecule has 1 saturated heterocycles. The molecular weight excluding hydrogens is 406 g/mol. The van der Waals surface area contributed by atoms with Crippen LogP contribution < -0.4 is 14.2 Å². The lowest BCUT2D eigenvalue weighted by Crippen LogP contribution is -2.49. The molecule has 2 aromatic carbocycles. The molecule has 4 heterocycles. The molecule has 6 rings (SSSR count). The fourth-order valence-electron chi connectivity index (χ4n) is 5.13. The largest absolute Gasteiger partial charge is 0.497 e. The highest BCUT2D eigenvalue weighted by molar-refractivity contribution is 5.94. The lowest BCUT2D eigenvalue weighted by molar-refractivity contribution is 0.0556. The zero-order valence-corrected chi connectivity index (χ0v) is 17.9. The maximum Gasteiger partial charge on any atom is 0.271 e. The van der Waals surface area contributed by atoms with E-state index < -0.39 is 0 Å². The number of aromatic nitrogens is 1. The van der Waals surface area contributed by atoms with Crippen molar-refractivity contribution < 1.29 is 19.0 Å². The molecule has 1 aromatic heterocycles. The van der Waals surface area contributed by atoms with Crippen LogP contribution in [0.2, 0.25) is 0 Å². The van der Waals surface area contributed by atoms with Crippen molar-refractivity contribution in [3.8, 4) is 17.2 Å². The van der Waals surface area contributed by atoms with Gasteiger partial charge >= 0.3 is 0 Å². The summed E-state index contributed by atoms with van der Waals surface area (Å²) in [6.07, 6.45) is 2.04. The van der Waals surface area contributed by atoms with Gasteiger partial charge in [0.2, 0.25) is 6.79 Å². The van der Waals surface area contributed by atoms with Gasteiger partial charge in [-0.3, -0.25) is 9.69 Å². The molecule has 0 radical (unpaired) electrons. The van der Waals surface area contributed by atoms with E-state index in [2.05, 4.69) is 21.6 Å². The molecule has 0 saturated carbocycles. The first-order valence-corrected chi connectivity index (χ1v) is 10.9. The normalized spacial score (nSPS) is 21.5. The number of rotatable bonds is 5. The summed E-state index contributed by atoms with van der Waals surface area (Å²) in [7, 11) is 1.66. The number of ether oxygens (including phenoxy) is 3. The Bertz CT molecular complexity index is 1160. The lowest BCUT2D eigenvalue weighted by Gasteiger charge is -2.38. The van der Waals surface area contributed by atoms with Gasteiger partial charge in [-0.05, 0) is 47.5 Å². The van der Waals surface area contributed by atoms with Crippen LogP contribution in [-0.2, 0) is 13.1 Å². The van der Waals surface area contributed by atoms with Crippen LogP contribution in [0.1, 0.15) is 27.7 Å². The van der Waals surface area contributed by atoms with Gasteiger partial charge < -0.3 is 23.7 Å². The average Bonchev–Trinajstić information content (AvgIpc) is 3.56. The minimum Gasteiger partial charge on any atom is -0.497 e. The van der Waals surface area contributed by atoms with E-state index in [9.17, 15) is 4.79 Å². The van der Waals surface area contributed by atoms with Crippen molar-refractivity contribution in [1.29, 1.82) is 0 Å². The van der Waals surface area contributed by atoms with E-state index in [0.29, 0.717) is 6.54 Å². The number of likely N-dealkylation sites (tertiary alicyclic amines) is 1. The third kappa shape index (κ3) is 3.20. The molecule has 0 aliphatic carbocycles. The fraction of sp³-hybridized carbons (Fsp3) is 0.320. The highest BCUT2D eigenvalue weighted by Crippen LogP contribution is 2.37. The van der Waals surface area contributed by atoms with Crippen LogP contribution in [0.5, 0.6) is 17.2 Å². The van der Waals surface area contributed by atoms with Gasteiger partial charge in [-0.2, -0.15) is 0 Å². The topological polar surface area (TPSA) is 56.2 Å². The summed E-state index contributed by atoms with van der Waals surface area (Å²) in [5.41, 5.74) is 3.06. The smallest absolute Gasteiger partial charge is 0.271 e. The lowest BCUT2D eigenvalue weighted by atomic mass is 10.0. The Hall–Kier alpha value is -3.45. The Morgan fingerprint density at radius 2 is 1.72 bits per heavy atom. The Labute approximate surface area is 186 Å². The fourth-order valence-corrected chi connectivity index (χ4v) is 5.13. The second-order valence-electron chi connectivity index (χ2n) is 8.60. The van der Waals surface area contributed by atoms with Gasteiger partial charge in [-0.25, -0.2) is 0 Å². The standard InChI is InChI=1S/C25H25N3O4/c1-30-19-7-4-17(5-8-19)13-28-22-15-26(12-18-6-9-23-24(11-18)32-16-31-23)14-21(22)27-10-2-3-20(27)25(28)29/h2-11,21-22H,12-16H2,1H3/t21-,22-/m1/s1. The van der Waals surface area contributed by atoms with Gasteiger partial charge in [0.15, 0.2) is 11.5 Å². The number of carbonyl (C=O) groups excluding carboxylic acids is 1. The summed E-state index contributed by atoms with van der Waals surface area (Å²) in [5, 5.41) is 0. The first-order chi connectivity index (χ1) is 15.7. The molecule has 0 unspecified atom stereocenters. The van der Waals surface area contributed by atoms with E-state index in [1.54, 1.807) is 7.11 Å². The molecule has 1 fully saturated rings. The molecule has 2 atom stereocenters. The van der Waals surface area contributed by atoms with Crippen molar-refractivity contribution in [3.63, 3.8) is 0 Å². The van der Waals surface area contributed by atoms with Crippen molar-refractivity contribution in [3.05, 3.63) is 77.6 Å². The molecule has 0 N–H and O–H groups in total. The SMILES string of the molecule is COc1ccc(CN2C(=O)c3cccn3[C@@H]3CN(Cc4ccc5c(c4)OCO5)C[C@H]32)cc1. The quantitative estimate of drug-likeness (QED) is 0.621. The van der Waals surface area contributed by atoms with Crippen molar-refractivity contribution in [2.24, 2.45) is 0 Å². The predicted molar refractivity (Wildman–Crippen MR) is 118 cm³/mol. The first-order valence-electron chi connectivity index (χ1n) is 10.9. The van der Waals surface area contributed by atoms with Crippen molar-refractivity contribution in [2.75, 3.05) is 27.0 Å². The van der Waals surface area contributed by atoms with Crippen LogP contribution in [0.4, 0.5) is 0 Å². The zero-order chi connectivity index (χ0) is 21.7. The number of methoxy groups -OCH3 is 1. The van der Waals surface area contributed by atoms with Crippen molar-refractivity contribution in [2.45, 2.75) is 25.2 Å². The maximum atomic E-state index is 13.4. The second kappa shape index (κ2) is 7.60. The molecule has 3 aromatic rings. The Morgan fingerprint density at radius 1 is 0.938 bits per heavy atom. The predicted octanol–water partition coefficient (Wildman–Crippen LogP) is 3.31. The average molecular weight is 431 g/mol. The van der Waals surface area contributed by atoms with Crippen molar-refractivity contribution in [1.82, 2.24) is 14.4 Å². The van der Waals surface area contributed by atoms with E-state index in [-0.39, 0.29) is 24.8 Å². The van der Waals surface area contributed by atoms with E-state index in [4.69, 9.17) is 14.2 Å². The van der Waals surface area contributed by atoms with Crippen LogP contribution in [0.3, 0.4) is 0 Å². The Morgan fingerprint density at radius 3 is 2.56 bits per heavy atom. The molecule has 7 heteroatoms.